The zero-order chi connectivity index (χ0) is 16.2. The fraction of sp³-hybridized carbons (Fsp3) is 0.176. The van der Waals surface area contributed by atoms with Crippen molar-refractivity contribution in [3.63, 3.8) is 0 Å². The molecular weight excluding hydrogens is 294 g/mol. The SMILES string of the molecule is O=C(O)CCCNC(=O)c1cccc2nc3ccccc3nc12. The number of aromatic nitrogens is 2. The van der Waals surface area contributed by atoms with Gasteiger partial charge in [0.15, 0.2) is 0 Å². The van der Waals surface area contributed by atoms with Crippen molar-refractivity contribution in [2.75, 3.05) is 6.54 Å². The molecule has 0 atom stereocenters. The number of nitrogens with one attached hydrogen (secondary N) is 1. The van der Waals surface area contributed by atoms with Crippen LogP contribution in [0, 0.1) is 0 Å². The van der Waals surface area contributed by atoms with Crippen LogP contribution in [-0.4, -0.2) is 33.5 Å². The summed E-state index contributed by atoms with van der Waals surface area (Å²) in [6.45, 7) is 0.308. The molecular formula is C17H15N3O3. The normalized spacial score (nSPS) is 10.8. The fourth-order valence-electron chi connectivity index (χ4n) is 2.36. The zero-order valence-corrected chi connectivity index (χ0v) is 12.3. The third-order valence-electron chi connectivity index (χ3n) is 3.47. The van der Waals surface area contributed by atoms with Crippen molar-refractivity contribution in [1.82, 2.24) is 15.3 Å². The van der Waals surface area contributed by atoms with Gasteiger partial charge in [0, 0.05) is 13.0 Å². The third-order valence-corrected chi connectivity index (χ3v) is 3.47. The Morgan fingerprint density at radius 1 is 0.957 bits per heavy atom. The number of para-hydroxylation sites is 3. The van der Waals surface area contributed by atoms with Gasteiger partial charge in [-0.25, -0.2) is 9.97 Å². The second kappa shape index (κ2) is 6.39. The molecule has 23 heavy (non-hydrogen) atoms. The minimum atomic E-state index is -0.873. The Bertz CT molecular complexity index is 893. The van der Waals surface area contributed by atoms with Crippen molar-refractivity contribution in [3.05, 3.63) is 48.0 Å². The highest BCUT2D eigenvalue weighted by Crippen LogP contribution is 2.19. The van der Waals surface area contributed by atoms with Gasteiger partial charge in [-0.3, -0.25) is 9.59 Å². The van der Waals surface area contributed by atoms with Gasteiger partial charge >= 0.3 is 5.97 Å². The quantitative estimate of drug-likeness (QED) is 0.557. The van der Waals surface area contributed by atoms with E-state index in [0.717, 1.165) is 11.0 Å². The molecule has 2 N–H and O–H groups in total. The number of hydrogen-bond acceptors (Lipinski definition) is 4. The Labute approximate surface area is 132 Å². The van der Waals surface area contributed by atoms with Crippen molar-refractivity contribution in [1.29, 1.82) is 0 Å². The average Bonchev–Trinajstić information content (AvgIpc) is 2.56. The third kappa shape index (κ3) is 3.26. The van der Waals surface area contributed by atoms with Gasteiger partial charge < -0.3 is 10.4 Å². The van der Waals surface area contributed by atoms with Crippen LogP contribution in [0.15, 0.2) is 42.5 Å². The summed E-state index contributed by atoms with van der Waals surface area (Å²) < 4.78 is 0. The van der Waals surface area contributed by atoms with Gasteiger partial charge in [0.25, 0.3) is 5.91 Å². The maximum atomic E-state index is 12.3. The van der Waals surface area contributed by atoms with Crippen LogP contribution in [0.5, 0.6) is 0 Å². The summed E-state index contributed by atoms with van der Waals surface area (Å²) in [5.41, 5.74) is 3.14. The smallest absolute Gasteiger partial charge is 0.303 e. The van der Waals surface area contributed by atoms with Crippen LogP contribution in [0.3, 0.4) is 0 Å². The van der Waals surface area contributed by atoms with Gasteiger partial charge in [-0.15, -0.1) is 0 Å². The summed E-state index contributed by atoms with van der Waals surface area (Å²) >= 11 is 0. The maximum absolute atomic E-state index is 12.3. The first-order chi connectivity index (χ1) is 11.1. The van der Waals surface area contributed by atoms with Gasteiger partial charge in [-0.05, 0) is 30.7 Å². The number of aliphatic carboxylic acids is 1. The Morgan fingerprint density at radius 2 is 1.65 bits per heavy atom. The molecule has 0 aliphatic rings. The molecule has 0 aliphatic carbocycles. The van der Waals surface area contributed by atoms with E-state index in [1.165, 1.54) is 0 Å². The van der Waals surface area contributed by atoms with E-state index in [9.17, 15) is 9.59 Å². The number of rotatable bonds is 5. The van der Waals surface area contributed by atoms with Gasteiger partial charge in [-0.2, -0.15) is 0 Å². The molecule has 6 nitrogen and oxygen atoms in total. The van der Waals surface area contributed by atoms with E-state index in [1.54, 1.807) is 12.1 Å². The number of carbonyl (C=O) groups excluding carboxylic acids is 1. The molecule has 1 aromatic heterocycles. The first-order valence-electron chi connectivity index (χ1n) is 7.30. The predicted molar refractivity (Wildman–Crippen MR) is 86.2 cm³/mol. The minimum absolute atomic E-state index is 0.0280. The van der Waals surface area contributed by atoms with Crippen LogP contribution in [-0.2, 0) is 4.79 Å². The highest BCUT2D eigenvalue weighted by Gasteiger charge is 2.12. The molecule has 0 bridgehead atoms. The second-order valence-electron chi connectivity index (χ2n) is 5.14. The molecule has 0 saturated carbocycles. The van der Waals surface area contributed by atoms with Crippen LogP contribution in [0.1, 0.15) is 23.2 Å². The van der Waals surface area contributed by atoms with Crippen LogP contribution in [0.4, 0.5) is 0 Å². The number of carboxylic acids is 1. The van der Waals surface area contributed by atoms with Gasteiger partial charge in [0.2, 0.25) is 0 Å². The molecule has 0 spiro atoms. The lowest BCUT2D eigenvalue weighted by atomic mass is 10.1. The van der Waals surface area contributed by atoms with E-state index in [2.05, 4.69) is 15.3 Å². The molecule has 1 heterocycles. The highest BCUT2D eigenvalue weighted by atomic mass is 16.4. The van der Waals surface area contributed by atoms with Crippen molar-refractivity contribution in [2.24, 2.45) is 0 Å². The largest absolute Gasteiger partial charge is 0.481 e. The Balaban J connectivity index is 1.89. The van der Waals surface area contributed by atoms with E-state index in [4.69, 9.17) is 5.11 Å². The van der Waals surface area contributed by atoms with Gasteiger partial charge in [0.1, 0.15) is 5.52 Å². The molecule has 0 unspecified atom stereocenters. The minimum Gasteiger partial charge on any atom is -0.481 e. The van der Waals surface area contributed by atoms with Crippen LogP contribution >= 0.6 is 0 Å². The molecule has 0 radical (unpaired) electrons. The lowest BCUT2D eigenvalue weighted by Gasteiger charge is -2.07. The van der Waals surface area contributed by atoms with Gasteiger partial charge in [-0.1, -0.05) is 18.2 Å². The molecule has 2 aromatic carbocycles. The number of hydrogen-bond donors (Lipinski definition) is 2. The van der Waals surface area contributed by atoms with Crippen LogP contribution in [0.2, 0.25) is 0 Å². The van der Waals surface area contributed by atoms with Crippen LogP contribution in [0.25, 0.3) is 22.1 Å². The van der Waals surface area contributed by atoms with E-state index >= 15 is 0 Å². The second-order valence-corrected chi connectivity index (χ2v) is 5.14. The predicted octanol–water partition coefficient (Wildman–Crippen LogP) is 2.38. The monoisotopic (exact) mass is 309 g/mol. The van der Waals surface area contributed by atoms with E-state index in [0.29, 0.717) is 29.6 Å². The molecule has 0 fully saturated rings. The topological polar surface area (TPSA) is 92.2 Å². The zero-order valence-electron chi connectivity index (χ0n) is 12.3. The molecule has 3 aromatic rings. The van der Waals surface area contributed by atoms with Crippen molar-refractivity contribution < 1.29 is 14.7 Å². The van der Waals surface area contributed by atoms with Gasteiger partial charge in [0.05, 0.1) is 22.1 Å². The first-order valence-corrected chi connectivity index (χ1v) is 7.30. The Hall–Kier alpha value is -3.02. The van der Waals surface area contributed by atoms with Crippen molar-refractivity contribution >= 4 is 33.9 Å². The Morgan fingerprint density at radius 3 is 2.39 bits per heavy atom. The van der Waals surface area contributed by atoms with E-state index < -0.39 is 5.97 Å². The number of benzene rings is 2. The fourth-order valence-corrected chi connectivity index (χ4v) is 2.36. The number of carbonyl (C=O) groups is 2. The molecule has 6 heteroatoms. The lowest BCUT2D eigenvalue weighted by molar-refractivity contribution is -0.137. The summed E-state index contributed by atoms with van der Waals surface area (Å²) in [6.07, 6.45) is 0.417. The number of carboxylic acid groups (broad SMARTS) is 1. The average molecular weight is 309 g/mol. The molecule has 1 amide bonds. The molecule has 0 aliphatic heterocycles. The summed E-state index contributed by atoms with van der Waals surface area (Å²) in [5, 5.41) is 11.3. The summed E-state index contributed by atoms with van der Waals surface area (Å²) in [5.74, 6) is -1.15. The summed E-state index contributed by atoms with van der Waals surface area (Å²) in [6, 6.07) is 12.8. The number of amides is 1. The number of fused-ring (bicyclic) bond motifs is 2. The first kappa shape index (κ1) is 14.9. The molecule has 3 rings (SSSR count). The number of nitrogens with zero attached hydrogens (tertiary/aromatic N) is 2. The molecule has 0 saturated heterocycles. The highest BCUT2D eigenvalue weighted by molar-refractivity contribution is 6.06. The van der Waals surface area contributed by atoms with E-state index in [1.807, 2.05) is 30.3 Å². The summed E-state index contributed by atoms with van der Waals surface area (Å²) in [7, 11) is 0. The lowest BCUT2D eigenvalue weighted by Crippen LogP contribution is -2.25. The van der Waals surface area contributed by atoms with Crippen molar-refractivity contribution in [3.8, 4) is 0 Å². The standard InChI is InChI=1S/C17H15N3O3/c21-15(22)9-4-10-18-17(23)11-5-3-8-14-16(11)20-13-7-2-1-6-12(13)19-14/h1-3,5-8H,4,9-10H2,(H,18,23)(H,21,22). The Kier molecular flexibility index (Phi) is 4.14. The summed E-state index contributed by atoms with van der Waals surface area (Å²) in [4.78, 5) is 31.9. The maximum Gasteiger partial charge on any atom is 0.303 e. The van der Waals surface area contributed by atoms with Crippen molar-refractivity contribution in [2.45, 2.75) is 12.8 Å². The van der Waals surface area contributed by atoms with Crippen LogP contribution < -0.4 is 5.32 Å². The van der Waals surface area contributed by atoms with E-state index in [-0.39, 0.29) is 12.3 Å². The molecule has 116 valence electrons.